The SMILES string of the molecule is COCCn1c(SCC(=O)N(C)Cc2ccco2)nc2cc(Cl)ccc2c1=O. The number of amides is 1. The lowest BCUT2D eigenvalue weighted by atomic mass is 10.2. The normalized spacial score (nSPS) is 11.1. The molecule has 0 atom stereocenters. The van der Waals surface area contributed by atoms with Crippen LogP contribution in [0.4, 0.5) is 0 Å². The van der Waals surface area contributed by atoms with Crippen molar-refractivity contribution in [1.82, 2.24) is 14.5 Å². The number of hydrogen-bond acceptors (Lipinski definition) is 6. The maximum absolute atomic E-state index is 12.9. The van der Waals surface area contributed by atoms with Crippen LogP contribution >= 0.6 is 23.4 Å². The monoisotopic (exact) mass is 421 g/mol. The number of ether oxygens (including phenoxy) is 1. The molecule has 3 rings (SSSR count). The molecule has 28 heavy (non-hydrogen) atoms. The topological polar surface area (TPSA) is 77.6 Å². The van der Waals surface area contributed by atoms with E-state index in [1.54, 1.807) is 49.6 Å². The van der Waals surface area contributed by atoms with Crippen LogP contribution in [0.5, 0.6) is 0 Å². The van der Waals surface area contributed by atoms with Crippen LogP contribution in [0.25, 0.3) is 10.9 Å². The van der Waals surface area contributed by atoms with Gasteiger partial charge in [0.15, 0.2) is 5.16 Å². The lowest BCUT2D eigenvalue weighted by Gasteiger charge is -2.17. The molecule has 1 aromatic carbocycles. The first-order chi connectivity index (χ1) is 13.5. The van der Waals surface area contributed by atoms with Crippen LogP contribution in [-0.4, -0.2) is 46.9 Å². The molecule has 9 heteroatoms. The minimum Gasteiger partial charge on any atom is -0.467 e. The number of furan rings is 1. The fraction of sp³-hybridized carbons (Fsp3) is 0.316. The third-order valence-corrected chi connectivity index (χ3v) is 5.32. The predicted octanol–water partition coefficient (Wildman–Crippen LogP) is 3.04. The van der Waals surface area contributed by atoms with Crippen LogP contribution in [0.2, 0.25) is 5.02 Å². The molecule has 0 N–H and O–H groups in total. The van der Waals surface area contributed by atoms with E-state index < -0.39 is 0 Å². The molecule has 2 aromatic heterocycles. The second-order valence-corrected chi connectivity index (χ2v) is 7.50. The molecule has 0 saturated carbocycles. The summed E-state index contributed by atoms with van der Waals surface area (Å²) in [6, 6.07) is 8.56. The van der Waals surface area contributed by atoms with Crippen LogP contribution in [0, 0.1) is 0 Å². The minimum atomic E-state index is -0.183. The van der Waals surface area contributed by atoms with Crippen molar-refractivity contribution in [3.8, 4) is 0 Å². The van der Waals surface area contributed by atoms with Crippen LogP contribution in [0.1, 0.15) is 5.76 Å². The Morgan fingerprint density at radius 1 is 1.39 bits per heavy atom. The van der Waals surface area contributed by atoms with Crippen molar-refractivity contribution in [3.05, 3.63) is 57.7 Å². The fourth-order valence-corrected chi connectivity index (χ4v) is 3.76. The van der Waals surface area contributed by atoms with Gasteiger partial charge in [-0.05, 0) is 30.3 Å². The van der Waals surface area contributed by atoms with Gasteiger partial charge in [-0.3, -0.25) is 14.2 Å². The maximum atomic E-state index is 12.9. The third-order valence-electron chi connectivity index (χ3n) is 4.12. The van der Waals surface area contributed by atoms with Crippen molar-refractivity contribution >= 4 is 40.2 Å². The summed E-state index contributed by atoms with van der Waals surface area (Å²) in [4.78, 5) is 31.5. The molecular formula is C19H20ClN3O4S. The van der Waals surface area contributed by atoms with Gasteiger partial charge >= 0.3 is 0 Å². The van der Waals surface area contributed by atoms with Crippen molar-refractivity contribution in [2.45, 2.75) is 18.2 Å². The van der Waals surface area contributed by atoms with Gasteiger partial charge in [-0.15, -0.1) is 0 Å². The first-order valence-corrected chi connectivity index (χ1v) is 9.94. The summed E-state index contributed by atoms with van der Waals surface area (Å²) in [5, 5.41) is 1.43. The summed E-state index contributed by atoms with van der Waals surface area (Å²) < 4.78 is 11.9. The van der Waals surface area contributed by atoms with Gasteiger partial charge in [0.1, 0.15) is 5.76 Å². The van der Waals surface area contributed by atoms with E-state index in [1.165, 1.54) is 16.3 Å². The van der Waals surface area contributed by atoms with Crippen LogP contribution in [0.3, 0.4) is 0 Å². The molecule has 0 aliphatic carbocycles. The zero-order valence-corrected chi connectivity index (χ0v) is 17.1. The minimum absolute atomic E-state index is 0.0971. The van der Waals surface area contributed by atoms with Crippen molar-refractivity contribution < 1.29 is 13.9 Å². The van der Waals surface area contributed by atoms with Gasteiger partial charge in [0, 0.05) is 19.2 Å². The van der Waals surface area contributed by atoms with Crippen molar-refractivity contribution in [2.75, 3.05) is 26.5 Å². The number of carbonyl (C=O) groups excluding carboxylic acids is 1. The van der Waals surface area contributed by atoms with Gasteiger partial charge in [0.2, 0.25) is 5.91 Å². The molecule has 1 amide bonds. The highest BCUT2D eigenvalue weighted by molar-refractivity contribution is 7.99. The molecule has 0 unspecified atom stereocenters. The van der Waals surface area contributed by atoms with E-state index >= 15 is 0 Å². The number of aromatic nitrogens is 2. The molecule has 0 aliphatic heterocycles. The van der Waals surface area contributed by atoms with E-state index in [4.69, 9.17) is 20.8 Å². The van der Waals surface area contributed by atoms with Crippen molar-refractivity contribution in [2.24, 2.45) is 0 Å². The molecule has 7 nitrogen and oxygen atoms in total. The number of benzene rings is 1. The number of rotatable bonds is 8. The average molecular weight is 422 g/mol. The Morgan fingerprint density at radius 3 is 2.93 bits per heavy atom. The highest BCUT2D eigenvalue weighted by Gasteiger charge is 2.16. The highest BCUT2D eigenvalue weighted by atomic mass is 35.5. The Labute approximate surface area is 171 Å². The molecule has 0 spiro atoms. The average Bonchev–Trinajstić information content (AvgIpc) is 3.18. The van der Waals surface area contributed by atoms with Crippen molar-refractivity contribution in [3.63, 3.8) is 0 Å². The number of hydrogen-bond donors (Lipinski definition) is 0. The Morgan fingerprint density at radius 2 is 2.21 bits per heavy atom. The summed E-state index contributed by atoms with van der Waals surface area (Å²) in [5.74, 6) is 0.749. The molecule has 0 fully saturated rings. The number of methoxy groups -OCH3 is 1. The van der Waals surface area contributed by atoms with Crippen LogP contribution < -0.4 is 5.56 Å². The molecule has 3 aromatic rings. The Bertz CT molecular complexity index is 1020. The Hall–Kier alpha value is -2.29. The van der Waals surface area contributed by atoms with E-state index in [2.05, 4.69) is 4.98 Å². The Kier molecular flexibility index (Phi) is 6.77. The van der Waals surface area contributed by atoms with Crippen LogP contribution in [-0.2, 0) is 22.6 Å². The molecule has 0 radical (unpaired) electrons. The number of thioether (sulfide) groups is 1. The molecular weight excluding hydrogens is 402 g/mol. The van der Waals surface area contributed by atoms with E-state index in [-0.39, 0.29) is 17.2 Å². The standard InChI is InChI=1S/C19H20ClN3O4S/c1-22(11-14-4-3-8-27-14)17(24)12-28-19-21-16-10-13(20)5-6-15(16)18(25)23(19)7-9-26-2/h3-6,8,10H,7,9,11-12H2,1-2H3. The number of nitrogens with zero attached hydrogens (tertiary/aromatic N) is 3. The third kappa shape index (κ3) is 4.76. The van der Waals surface area contributed by atoms with Gasteiger partial charge < -0.3 is 14.1 Å². The summed E-state index contributed by atoms with van der Waals surface area (Å²) in [6.45, 7) is 1.09. The van der Waals surface area contributed by atoms with Gasteiger partial charge in [0.05, 0.1) is 42.6 Å². The van der Waals surface area contributed by atoms with Crippen molar-refractivity contribution in [1.29, 1.82) is 0 Å². The van der Waals surface area contributed by atoms with E-state index in [0.717, 1.165) is 0 Å². The van der Waals surface area contributed by atoms with E-state index in [0.29, 0.717) is 46.5 Å². The number of halogens is 1. The highest BCUT2D eigenvalue weighted by Crippen LogP contribution is 2.21. The second-order valence-electron chi connectivity index (χ2n) is 6.12. The maximum Gasteiger partial charge on any atom is 0.262 e. The summed E-state index contributed by atoms with van der Waals surface area (Å²) in [7, 11) is 3.27. The largest absolute Gasteiger partial charge is 0.467 e. The summed E-state index contributed by atoms with van der Waals surface area (Å²) in [6.07, 6.45) is 1.57. The summed E-state index contributed by atoms with van der Waals surface area (Å²) >= 11 is 7.25. The molecule has 0 bridgehead atoms. The van der Waals surface area contributed by atoms with Gasteiger partial charge in [-0.2, -0.15) is 0 Å². The first kappa shape index (κ1) is 20.4. The number of carbonyl (C=O) groups is 1. The molecule has 0 aliphatic rings. The fourth-order valence-electron chi connectivity index (χ4n) is 2.62. The summed E-state index contributed by atoms with van der Waals surface area (Å²) in [5.41, 5.74) is 0.322. The molecule has 2 heterocycles. The predicted molar refractivity (Wildman–Crippen MR) is 109 cm³/mol. The van der Waals surface area contributed by atoms with Gasteiger partial charge in [-0.1, -0.05) is 23.4 Å². The zero-order chi connectivity index (χ0) is 20.1. The van der Waals surface area contributed by atoms with Gasteiger partial charge in [0.25, 0.3) is 5.56 Å². The zero-order valence-electron chi connectivity index (χ0n) is 15.6. The quantitative estimate of drug-likeness (QED) is 0.411. The second kappa shape index (κ2) is 9.27. The molecule has 0 saturated heterocycles. The number of fused-ring (bicyclic) bond motifs is 1. The lowest BCUT2D eigenvalue weighted by molar-refractivity contribution is -0.127. The van der Waals surface area contributed by atoms with Crippen LogP contribution in [0.15, 0.2) is 51.0 Å². The van der Waals surface area contributed by atoms with E-state index in [1.807, 2.05) is 6.07 Å². The lowest BCUT2D eigenvalue weighted by Crippen LogP contribution is -2.29. The Balaban J connectivity index is 1.82. The smallest absolute Gasteiger partial charge is 0.262 e. The van der Waals surface area contributed by atoms with E-state index in [9.17, 15) is 9.59 Å². The molecule has 148 valence electrons. The first-order valence-electron chi connectivity index (χ1n) is 8.57. The van der Waals surface area contributed by atoms with Gasteiger partial charge in [-0.25, -0.2) is 4.98 Å².